The number of piperidine rings is 1. The van der Waals surface area contributed by atoms with Crippen molar-refractivity contribution in [1.29, 1.82) is 5.26 Å². The molecule has 1 aromatic carbocycles. The number of carbonyl (C=O) groups is 2. The van der Waals surface area contributed by atoms with Gasteiger partial charge in [-0.3, -0.25) is 9.59 Å². The van der Waals surface area contributed by atoms with Crippen LogP contribution in [0.2, 0.25) is 0 Å². The van der Waals surface area contributed by atoms with E-state index in [0.717, 1.165) is 31.6 Å². The molecule has 7 nitrogen and oxygen atoms in total. The second kappa shape index (κ2) is 7.55. The van der Waals surface area contributed by atoms with Gasteiger partial charge in [-0.1, -0.05) is 0 Å². The molecule has 30 heavy (non-hydrogen) atoms. The minimum Gasteiger partial charge on any atom is -0.371 e. The molecule has 4 fully saturated rings. The number of nitrogens with zero attached hydrogens (tertiary/aromatic N) is 3. The average molecular weight is 411 g/mol. The summed E-state index contributed by atoms with van der Waals surface area (Å²) in [5.41, 5.74) is 1.81. The summed E-state index contributed by atoms with van der Waals surface area (Å²) in [7, 11) is 0. The molecule has 0 spiro atoms. The van der Waals surface area contributed by atoms with E-state index in [1.54, 1.807) is 0 Å². The summed E-state index contributed by atoms with van der Waals surface area (Å²) in [6.07, 6.45) is 1.18. The number of fused-ring (bicyclic) bond motifs is 1. The Balaban J connectivity index is 1.08. The Morgan fingerprint density at radius 1 is 1.13 bits per heavy atom. The third-order valence-electron chi connectivity index (χ3n) is 6.81. The monoisotopic (exact) mass is 411 g/mol. The van der Waals surface area contributed by atoms with E-state index >= 15 is 0 Å². The van der Waals surface area contributed by atoms with E-state index in [1.165, 1.54) is 4.90 Å². The summed E-state index contributed by atoms with van der Waals surface area (Å²) in [5, 5.41) is 15.4. The molecule has 4 unspecified atom stereocenters. The van der Waals surface area contributed by atoms with E-state index in [9.17, 15) is 14.0 Å². The molecule has 2 saturated carbocycles. The Hall–Kier alpha value is -2.66. The van der Waals surface area contributed by atoms with Crippen LogP contribution in [-0.2, 0) is 4.79 Å². The first kappa shape index (κ1) is 19.3. The maximum atomic E-state index is 13.5. The lowest BCUT2D eigenvalue weighted by Crippen LogP contribution is -2.42. The molecule has 2 aliphatic carbocycles. The summed E-state index contributed by atoms with van der Waals surface area (Å²) in [5.74, 6) is 0.798. The number of hydrogen-bond acceptors (Lipinski definition) is 5. The predicted octanol–water partition coefficient (Wildman–Crippen LogP) is 1.07. The molecule has 5 rings (SSSR count). The van der Waals surface area contributed by atoms with Crippen molar-refractivity contribution in [3.63, 3.8) is 0 Å². The van der Waals surface area contributed by atoms with E-state index in [1.807, 2.05) is 30.3 Å². The zero-order chi connectivity index (χ0) is 20.8. The van der Waals surface area contributed by atoms with Gasteiger partial charge in [0.2, 0.25) is 5.91 Å². The summed E-state index contributed by atoms with van der Waals surface area (Å²) in [4.78, 5) is 28.1. The number of likely N-dealkylation sites (tertiary alicyclic amines) is 1. The van der Waals surface area contributed by atoms with Gasteiger partial charge in [-0.05, 0) is 48.9 Å². The molecular formula is C22H26FN5O2. The van der Waals surface area contributed by atoms with Crippen LogP contribution < -0.4 is 15.5 Å². The van der Waals surface area contributed by atoms with Crippen LogP contribution in [-0.4, -0.2) is 67.2 Å². The minimum absolute atomic E-state index is 0.00188. The number of benzene rings is 1. The maximum absolute atomic E-state index is 13.5. The first-order valence-corrected chi connectivity index (χ1v) is 10.8. The molecular weight excluding hydrogens is 385 g/mol. The molecule has 2 aliphatic heterocycles. The highest BCUT2D eigenvalue weighted by atomic mass is 19.1. The van der Waals surface area contributed by atoms with E-state index in [-0.39, 0.29) is 31.3 Å². The molecule has 2 amide bonds. The van der Waals surface area contributed by atoms with Crippen molar-refractivity contribution in [3.05, 3.63) is 29.8 Å². The van der Waals surface area contributed by atoms with Crippen LogP contribution in [0.15, 0.2) is 24.3 Å². The van der Waals surface area contributed by atoms with Gasteiger partial charge in [-0.25, -0.2) is 4.39 Å². The molecule has 158 valence electrons. The fourth-order valence-corrected chi connectivity index (χ4v) is 4.85. The van der Waals surface area contributed by atoms with Crippen LogP contribution in [0, 0.1) is 23.2 Å². The summed E-state index contributed by atoms with van der Waals surface area (Å²) in [6.45, 7) is 2.02. The van der Waals surface area contributed by atoms with Gasteiger partial charge in [0.15, 0.2) is 0 Å². The molecule has 2 saturated heterocycles. The van der Waals surface area contributed by atoms with E-state index in [2.05, 4.69) is 15.5 Å². The smallest absolute Gasteiger partial charge is 0.251 e. The minimum atomic E-state index is -1.10. The topological polar surface area (TPSA) is 88.5 Å². The summed E-state index contributed by atoms with van der Waals surface area (Å²) in [6, 6.07) is 9.80. The molecule has 0 radical (unpaired) electrons. The van der Waals surface area contributed by atoms with Gasteiger partial charge < -0.3 is 20.4 Å². The number of nitrogens with one attached hydrogen (secondary N) is 2. The van der Waals surface area contributed by atoms with Crippen molar-refractivity contribution in [2.45, 2.75) is 43.6 Å². The number of carbonyl (C=O) groups excluding carboxylic acids is 2. The molecule has 2 N–H and O–H groups in total. The van der Waals surface area contributed by atoms with Gasteiger partial charge >= 0.3 is 0 Å². The molecule has 2 heterocycles. The Kier molecular flexibility index (Phi) is 4.86. The van der Waals surface area contributed by atoms with Crippen molar-refractivity contribution < 1.29 is 14.0 Å². The van der Waals surface area contributed by atoms with Crippen molar-refractivity contribution in [2.24, 2.45) is 11.8 Å². The third kappa shape index (κ3) is 3.74. The summed E-state index contributed by atoms with van der Waals surface area (Å²) >= 11 is 0. The second-order valence-electron chi connectivity index (χ2n) is 8.96. The maximum Gasteiger partial charge on any atom is 0.251 e. The second-order valence-corrected chi connectivity index (χ2v) is 8.96. The predicted molar refractivity (Wildman–Crippen MR) is 109 cm³/mol. The van der Waals surface area contributed by atoms with Crippen LogP contribution in [0.4, 0.5) is 10.1 Å². The van der Waals surface area contributed by atoms with Crippen molar-refractivity contribution in [1.82, 2.24) is 15.5 Å². The highest BCUT2D eigenvalue weighted by Gasteiger charge is 2.55. The number of amides is 2. The fraction of sp³-hybridized carbons (Fsp3) is 0.591. The van der Waals surface area contributed by atoms with Crippen molar-refractivity contribution in [3.8, 4) is 6.07 Å². The number of hydrogen-bond donors (Lipinski definition) is 2. The number of alkyl halides is 1. The summed E-state index contributed by atoms with van der Waals surface area (Å²) < 4.78 is 13.5. The van der Waals surface area contributed by atoms with E-state index in [0.29, 0.717) is 29.5 Å². The molecule has 8 heteroatoms. The van der Waals surface area contributed by atoms with Gasteiger partial charge in [-0.2, -0.15) is 5.26 Å². The van der Waals surface area contributed by atoms with Gasteiger partial charge in [0, 0.05) is 42.8 Å². The largest absolute Gasteiger partial charge is 0.371 e. The zero-order valence-electron chi connectivity index (χ0n) is 16.8. The Labute approximate surface area is 175 Å². The lowest BCUT2D eigenvalue weighted by molar-refractivity contribution is -0.130. The highest BCUT2D eigenvalue weighted by Crippen LogP contribution is 2.46. The van der Waals surface area contributed by atoms with Crippen molar-refractivity contribution >= 4 is 17.5 Å². The molecule has 1 aromatic rings. The van der Waals surface area contributed by atoms with Crippen LogP contribution in [0.25, 0.3) is 0 Å². The standard InChI is InChI=1S/C22H26FN5O2/c23-14-7-17(8-24)28(10-14)20(29)9-25-21-18-11-27(12-19(18)21)16-5-1-13(2-6-16)22(30)26-15-3-4-15/h1-2,5-6,14-15,17-19,21,25H,3-4,7,9-12H2,(H,26,30)/t14?,17?,18-,19?,21?/m1/s1. The van der Waals surface area contributed by atoms with Gasteiger partial charge in [0.25, 0.3) is 5.91 Å². The number of nitriles is 1. The van der Waals surface area contributed by atoms with E-state index < -0.39 is 12.2 Å². The Morgan fingerprint density at radius 2 is 1.83 bits per heavy atom. The zero-order valence-corrected chi connectivity index (χ0v) is 16.8. The van der Waals surface area contributed by atoms with Crippen molar-refractivity contribution in [2.75, 3.05) is 31.1 Å². The lowest BCUT2D eigenvalue weighted by atomic mass is 10.1. The Bertz CT molecular complexity index is 869. The number of anilines is 1. The first-order chi connectivity index (χ1) is 14.5. The molecule has 0 aromatic heterocycles. The van der Waals surface area contributed by atoms with Crippen LogP contribution in [0.5, 0.6) is 0 Å². The molecule has 4 aliphatic rings. The number of halogens is 1. The van der Waals surface area contributed by atoms with E-state index in [4.69, 9.17) is 5.26 Å². The fourth-order valence-electron chi connectivity index (χ4n) is 4.85. The highest BCUT2D eigenvalue weighted by molar-refractivity contribution is 5.94. The molecule has 5 atom stereocenters. The Morgan fingerprint density at radius 3 is 2.47 bits per heavy atom. The molecule has 0 bridgehead atoms. The SMILES string of the molecule is N#CC1CC(F)CN1C(=O)CNC1C2CN(c3ccc(C(=O)NC4CC4)cc3)C[C@H]21. The third-order valence-corrected chi connectivity index (χ3v) is 6.81. The van der Waals surface area contributed by atoms with Crippen LogP contribution in [0.3, 0.4) is 0 Å². The lowest BCUT2D eigenvalue weighted by Gasteiger charge is -2.23. The van der Waals surface area contributed by atoms with Gasteiger partial charge in [0.05, 0.1) is 19.2 Å². The quantitative estimate of drug-likeness (QED) is 0.731. The van der Waals surface area contributed by atoms with Crippen LogP contribution >= 0.6 is 0 Å². The van der Waals surface area contributed by atoms with Gasteiger partial charge in [0.1, 0.15) is 12.2 Å². The van der Waals surface area contributed by atoms with Gasteiger partial charge in [-0.15, -0.1) is 0 Å². The normalized spacial score (nSPS) is 31.9. The number of rotatable bonds is 6. The first-order valence-electron chi connectivity index (χ1n) is 10.8. The van der Waals surface area contributed by atoms with Crippen LogP contribution in [0.1, 0.15) is 29.6 Å². The average Bonchev–Trinajstić information content (AvgIpc) is 3.59.